The molecule has 26 heavy (non-hydrogen) atoms. The Morgan fingerprint density at radius 2 is 2.15 bits per heavy atom. The molecule has 1 unspecified atom stereocenters. The van der Waals surface area contributed by atoms with Gasteiger partial charge in [0.15, 0.2) is 0 Å². The number of pyridine rings is 2. The maximum absolute atomic E-state index is 12.3. The van der Waals surface area contributed by atoms with Gasteiger partial charge in [-0.3, -0.25) is 9.78 Å². The second-order valence-corrected chi connectivity index (χ2v) is 6.93. The largest absolute Gasteiger partial charge is 0.465 e. The quantitative estimate of drug-likeness (QED) is 0.855. The first-order chi connectivity index (χ1) is 12.6. The molecular formula is C18H19N5O3. The van der Waals surface area contributed by atoms with Crippen LogP contribution in [0.15, 0.2) is 23.1 Å². The van der Waals surface area contributed by atoms with Crippen LogP contribution < -0.4 is 10.9 Å². The number of likely N-dealkylation sites (tertiary alicyclic amines) is 1. The third-order valence-corrected chi connectivity index (χ3v) is 5.37. The van der Waals surface area contributed by atoms with Gasteiger partial charge in [-0.1, -0.05) is 0 Å². The minimum absolute atomic E-state index is 0.00514. The summed E-state index contributed by atoms with van der Waals surface area (Å²) in [7, 11) is 0. The lowest BCUT2D eigenvalue weighted by atomic mass is 9.95. The fourth-order valence-electron chi connectivity index (χ4n) is 4.18. The first-order valence-electron chi connectivity index (χ1n) is 8.71. The van der Waals surface area contributed by atoms with Gasteiger partial charge >= 0.3 is 6.09 Å². The van der Waals surface area contributed by atoms with Gasteiger partial charge in [-0.2, -0.15) is 5.26 Å². The van der Waals surface area contributed by atoms with Gasteiger partial charge in [0.2, 0.25) is 0 Å². The molecule has 8 heteroatoms. The molecule has 134 valence electrons. The van der Waals surface area contributed by atoms with E-state index in [9.17, 15) is 14.9 Å². The number of rotatable bonds is 3. The Bertz CT molecular complexity index is 969. The van der Waals surface area contributed by atoms with E-state index >= 15 is 0 Å². The number of hydrogen-bond acceptors (Lipinski definition) is 5. The Hall–Kier alpha value is -2.92. The minimum atomic E-state index is -0.980. The Morgan fingerprint density at radius 3 is 2.85 bits per heavy atom. The van der Waals surface area contributed by atoms with Crippen molar-refractivity contribution in [1.29, 1.82) is 5.26 Å². The third-order valence-electron chi connectivity index (χ3n) is 5.37. The molecule has 4 rings (SSSR count). The summed E-state index contributed by atoms with van der Waals surface area (Å²) in [6.07, 6.45) is 2.14. The van der Waals surface area contributed by atoms with E-state index in [1.54, 1.807) is 16.8 Å². The molecule has 2 N–H and O–H groups in total. The van der Waals surface area contributed by atoms with Crippen LogP contribution >= 0.6 is 0 Å². The predicted octanol–water partition coefficient (Wildman–Crippen LogP) is 1.10. The molecule has 1 amide bonds. The van der Waals surface area contributed by atoms with Gasteiger partial charge in [0.05, 0.1) is 16.6 Å². The van der Waals surface area contributed by atoms with Gasteiger partial charge in [0.25, 0.3) is 5.56 Å². The normalized spacial score (nSPS) is 20.2. The summed E-state index contributed by atoms with van der Waals surface area (Å²) in [4.78, 5) is 29.6. The van der Waals surface area contributed by atoms with Crippen LogP contribution in [0.25, 0.3) is 11.0 Å². The van der Waals surface area contributed by atoms with Gasteiger partial charge in [0.1, 0.15) is 6.07 Å². The Labute approximate surface area is 149 Å². The summed E-state index contributed by atoms with van der Waals surface area (Å²) in [5.74, 6) is 0.0641. The molecule has 0 aliphatic carbocycles. The molecule has 0 spiro atoms. The lowest BCUT2D eigenvalue weighted by molar-refractivity contribution is 0.163. The maximum Gasteiger partial charge on any atom is 0.404 e. The van der Waals surface area contributed by atoms with Crippen LogP contribution in [0.3, 0.4) is 0 Å². The first kappa shape index (κ1) is 16.5. The van der Waals surface area contributed by atoms with Crippen molar-refractivity contribution in [3.8, 4) is 6.07 Å². The van der Waals surface area contributed by atoms with Gasteiger partial charge in [-0.05, 0) is 18.9 Å². The average molecular weight is 353 g/mol. The SMILES string of the molecule is N#Cc1cnc2ccc(=O)n3c2c1C(CN1CCC(NC(=O)O)CC1)C3. The fraction of sp³-hybridized carbons (Fsp3) is 0.444. The van der Waals surface area contributed by atoms with Crippen molar-refractivity contribution in [3.63, 3.8) is 0 Å². The summed E-state index contributed by atoms with van der Waals surface area (Å²) in [5, 5.41) is 20.9. The molecule has 2 aromatic rings. The molecular weight excluding hydrogens is 334 g/mol. The van der Waals surface area contributed by atoms with Gasteiger partial charge in [0, 0.05) is 56.0 Å². The van der Waals surface area contributed by atoms with Crippen LogP contribution in [-0.2, 0) is 6.54 Å². The monoisotopic (exact) mass is 353 g/mol. The summed E-state index contributed by atoms with van der Waals surface area (Å²) in [6, 6.07) is 5.45. The molecule has 0 aromatic carbocycles. The van der Waals surface area contributed by atoms with Crippen molar-refractivity contribution in [2.24, 2.45) is 0 Å². The van der Waals surface area contributed by atoms with E-state index in [2.05, 4.69) is 21.3 Å². The number of hydrogen-bond donors (Lipinski definition) is 2. The molecule has 4 heterocycles. The molecule has 1 saturated heterocycles. The highest BCUT2D eigenvalue weighted by Crippen LogP contribution is 2.35. The van der Waals surface area contributed by atoms with Crippen LogP contribution in [0.4, 0.5) is 4.79 Å². The number of nitrogens with one attached hydrogen (secondary N) is 1. The van der Waals surface area contributed by atoms with Crippen molar-refractivity contribution in [2.45, 2.75) is 31.3 Å². The summed E-state index contributed by atoms with van der Waals surface area (Å²) in [5.41, 5.74) is 2.90. The smallest absolute Gasteiger partial charge is 0.404 e. The third kappa shape index (κ3) is 2.80. The Morgan fingerprint density at radius 1 is 1.38 bits per heavy atom. The zero-order chi connectivity index (χ0) is 18.3. The van der Waals surface area contributed by atoms with Crippen molar-refractivity contribution < 1.29 is 9.90 Å². The molecule has 0 saturated carbocycles. The summed E-state index contributed by atoms with van der Waals surface area (Å²) in [6.45, 7) is 2.89. The first-order valence-corrected chi connectivity index (χ1v) is 8.71. The Balaban J connectivity index is 1.57. The van der Waals surface area contributed by atoms with E-state index < -0.39 is 6.09 Å². The standard InChI is InChI=1S/C18H19N5O3/c19-7-11-8-20-14-1-2-15(24)23-10-12(16(11)17(14)23)9-22-5-3-13(4-6-22)21-18(25)26/h1-2,8,12-13,21H,3-6,9-10H2,(H,25,26). The van der Waals surface area contributed by atoms with Gasteiger partial charge in [-0.25, -0.2) is 4.79 Å². The molecule has 1 fully saturated rings. The molecule has 0 radical (unpaired) electrons. The topological polar surface area (TPSA) is 111 Å². The average Bonchev–Trinajstić information content (AvgIpc) is 3.01. The number of carbonyl (C=O) groups is 1. The van der Waals surface area contributed by atoms with E-state index in [0.29, 0.717) is 12.1 Å². The number of aromatic nitrogens is 2. The lowest BCUT2D eigenvalue weighted by Gasteiger charge is -2.33. The predicted molar refractivity (Wildman–Crippen MR) is 94.1 cm³/mol. The number of nitrogens with zero attached hydrogens (tertiary/aromatic N) is 4. The minimum Gasteiger partial charge on any atom is -0.465 e. The van der Waals surface area contributed by atoms with E-state index in [0.717, 1.165) is 49.1 Å². The molecule has 1 atom stereocenters. The van der Waals surface area contributed by atoms with Crippen LogP contribution in [0.5, 0.6) is 0 Å². The van der Waals surface area contributed by atoms with Crippen LogP contribution in [-0.4, -0.2) is 51.3 Å². The fourth-order valence-corrected chi connectivity index (χ4v) is 4.18. The highest BCUT2D eigenvalue weighted by molar-refractivity contribution is 5.82. The number of carboxylic acid groups (broad SMARTS) is 1. The highest BCUT2D eigenvalue weighted by atomic mass is 16.4. The molecule has 2 aromatic heterocycles. The summed E-state index contributed by atoms with van der Waals surface area (Å²) >= 11 is 0. The zero-order valence-electron chi connectivity index (χ0n) is 14.2. The van der Waals surface area contributed by atoms with Gasteiger partial charge in [-0.15, -0.1) is 0 Å². The van der Waals surface area contributed by atoms with E-state index in [1.807, 2.05) is 0 Å². The van der Waals surface area contributed by atoms with E-state index in [1.165, 1.54) is 6.07 Å². The van der Waals surface area contributed by atoms with Crippen LogP contribution in [0.1, 0.15) is 29.9 Å². The summed E-state index contributed by atoms with van der Waals surface area (Å²) < 4.78 is 1.72. The Kier molecular flexibility index (Phi) is 4.09. The van der Waals surface area contributed by atoms with Gasteiger partial charge < -0.3 is 19.9 Å². The second kappa shape index (κ2) is 6.42. The zero-order valence-corrected chi connectivity index (χ0v) is 14.2. The molecule has 2 aliphatic rings. The van der Waals surface area contributed by atoms with Crippen molar-refractivity contribution in [3.05, 3.63) is 39.8 Å². The molecule has 0 bridgehead atoms. The second-order valence-electron chi connectivity index (χ2n) is 6.93. The van der Waals surface area contributed by atoms with Crippen molar-refractivity contribution in [2.75, 3.05) is 19.6 Å². The number of amides is 1. The van der Waals surface area contributed by atoms with Crippen molar-refractivity contribution >= 4 is 17.1 Å². The van der Waals surface area contributed by atoms with Crippen molar-refractivity contribution in [1.82, 2.24) is 19.8 Å². The van der Waals surface area contributed by atoms with Crippen LogP contribution in [0, 0.1) is 11.3 Å². The van der Waals surface area contributed by atoms with E-state index in [-0.39, 0.29) is 17.5 Å². The number of nitriles is 1. The number of piperidine rings is 1. The molecule has 2 aliphatic heterocycles. The maximum atomic E-state index is 12.3. The highest BCUT2D eigenvalue weighted by Gasteiger charge is 2.31. The molecule has 8 nitrogen and oxygen atoms in total. The van der Waals surface area contributed by atoms with E-state index in [4.69, 9.17) is 5.11 Å². The van der Waals surface area contributed by atoms with Crippen LogP contribution in [0.2, 0.25) is 0 Å². The lowest BCUT2D eigenvalue weighted by Crippen LogP contribution is -2.45.